The van der Waals surface area contributed by atoms with E-state index in [9.17, 15) is 0 Å². The molecule has 0 saturated heterocycles. The summed E-state index contributed by atoms with van der Waals surface area (Å²) in [6.07, 6.45) is 3.64. The molecule has 1 unspecified atom stereocenters. The number of rotatable bonds is 1. The Bertz CT molecular complexity index is 318. The molecule has 0 heterocycles. The van der Waals surface area contributed by atoms with Gasteiger partial charge < -0.3 is 5.11 Å². The van der Waals surface area contributed by atoms with E-state index in [0.29, 0.717) is 17.9 Å². The molecule has 13 heavy (non-hydrogen) atoms. The number of aliphatic hydroxyl groups excluding tert-OH is 1. The lowest BCUT2D eigenvalue weighted by Gasteiger charge is -2.04. The fraction of sp³-hybridized carbons (Fsp3) is 0.500. The molecule has 1 saturated carbocycles. The van der Waals surface area contributed by atoms with Gasteiger partial charge in [0, 0.05) is 6.61 Å². The summed E-state index contributed by atoms with van der Waals surface area (Å²) in [5, 5.41) is 9.11. The quantitative estimate of drug-likeness (QED) is 0.688. The number of hydrogen-bond acceptors (Lipinski definition) is 1. The number of hydrogen-bond donors (Lipinski definition) is 1. The zero-order valence-electron chi connectivity index (χ0n) is 7.66. The first-order valence-electron chi connectivity index (χ1n) is 5.02. The lowest BCUT2D eigenvalue weighted by atomic mass is 10.0. The molecular formula is C12H14O. The van der Waals surface area contributed by atoms with Crippen LogP contribution < -0.4 is 0 Å². The van der Waals surface area contributed by atoms with Gasteiger partial charge in [0.1, 0.15) is 0 Å². The highest BCUT2D eigenvalue weighted by Crippen LogP contribution is 2.60. The first-order chi connectivity index (χ1) is 6.34. The van der Waals surface area contributed by atoms with Crippen molar-refractivity contribution in [2.24, 2.45) is 11.3 Å². The van der Waals surface area contributed by atoms with Gasteiger partial charge in [-0.3, -0.25) is 0 Å². The summed E-state index contributed by atoms with van der Waals surface area (Å²) in [5.41, 5.74) is 3.50. The van der Waals surface area contributed by atoms with E-state index in [4.69, 9.17) is 5.11 Å². The van der Waals surface area contributed by atoms with Crippen LogP contribution in [0.3, 0.4) is 0 Å². The van der Waals surface area contributed by atoms with Crippen LogP contribution in [0.5, 0.6) is 0 Å². The van der Waals surface area contributed by atoms with Crippen molar-refractivity contribution in [1.29, 1.82) is 0 Å². The molecule has 1 atom stereocenters. The summed E-state index contributed by atoms with van der Waals surface area (Å²) in [6, 6.07) is 8.70. The molecule has 1 aromatic rings. The molecule has 1 fully saturated rings. The molecule has 1 aromatic carbocycles. The predicted molar refractivity (Wildman–Crippen MR) is 51.5 cm³/mol. The highest BCUT2D eigenvalue weighted by molar-refractivity contribution is 5.37. The minimum Gasteiger partial charge on any atom is -0.396 e. The average molecular weight is 174 g/mol. The smallest absolute Gasteiger partial charge is 0.0465 e. The van der Waals surface area contributed by atoms with Crippen molar-refractivity contribution in [3.8, 4) is 0 Å². The van der Waals surface area contributed by atoms with Crippen LogP contribution in [0.1, 0.15) is 17.5 Å². The van der Waals surface area contributed by atoms with Crippen LogP contribution in [0.15, 0.2) is 24.3 Å². The number of fused-ring (bicyclic) bond motifs is 1. The van der Waals surface area contributed by atoms with Gasteiger partial charge in [0.25, 0.3) is 0 Å². The van der Waals surface area contributed by atoms with E-state index >= 15 is 0 Å². The molecule has 2 aliphatic rings. The van der Waals surface area contributed by atoms with Gasteiger partial charge in [-0.25, -0.2) is 0 Å². The van der Waals surface area contributed by atoms with Crippen molar-refractivity contribution < 1.29 is 5.11 Å². The predicted octanol–water partition coefficient (Wildman–Crippen LogP) is 1.78. The van der Waals surface area contributed by atoms with Crippen LogP contribution >= 0.6 is 0 Å². The zero-order chi connectivity index (χ0) is 8.89. The van der Waals surface area contributed by atoms with Crippen LogP contribution in [-0.2, 0) is 12.8 Å². The number of benzene rings is 1. The molecule has 1 heteroatoms. The summed E-state index contributed by atoms with van der Waals surface area (Å²) in [6.45, 7) is 0.383. The Morgan fingerprint density at radius 3 is 2.31 bits per heavy atom. The van der Waals surface area contributed by atoms with Gasteiger partial charge in [-0.05, 0) is 41.7 Å². The van der Waals surface area contributed by atoms with Gasteiger partial charge >= 0.3 is 0 Å². The van der Waals surface area contributed by atoms with Gasteiger partial charge in [0.15, 0.2) is 0 Å². The van der Waals surface area contributed by atoms with Gasteiger partial charge in [0.05, 0.1) is 0 Å². The Balaban J connectivity index is 1.91. The summed E-state index contributed by atoms with van der Waals surface area (Å²) in [4.78, 5) is 0. The van der Waals surface area contributed by atoms with E-state index in [1.165, 1.54) is 30.4 Å². The normalized spacial score (nSPS) is 27.6. The summed E-state index contributed by atoms with van der Waals surface area (Å²) in [5.74, 6) is 0.583. The molecule has 0 aliphatic heterocycles. The molecule has 1 spiro atoms. The van der Waals surface area contributed by atoms with E-state index in [1.54, 1.807) is 0 Å². The van der Waals surface area contributed by atoms with Crippen molar-refractivity contribution >= 4 is 0 Å². The minimum absolute atomic E-state index is 0.383. The van der Waals surface area contributed by atoms with Gasteiger partial charge in [-0.1, -0.05) is 24.3 Å². The Kier molecular flexibility index (Phi) is 1.37. The van der Waals surface area contributed by atoms with Gasteiger partial charge in [-0.15, -0.1) is 0 Å². The van der Waals surface area contributed by atoms with E-state index in [2.05, 4.69) is 24.3 Å². The van der Waals surface area contributed by atoms with Crippen LogP contribution in [0.2, 0.25) is 0 Å². The summed E-state index contributed by atoms with van der Waals surface area (Å²) >= 11 is 0. The van der Waals surface area contributed by atoms with Crippen molar-refractivity contribution in [3.63, 3.8) is 0 Å². The molecule has 1 N–H and O–H groups in total. The van der Waals surface area contributed by atoms with E-state index in [-0.39, 0.29) is 0 Å². The molecular weight excluding hydrogens is 160 g/mol. The third kappa shape index (κ3) is 0.969. The maximum absolute atomic E-state index is 9.11. The molecule has 68 valence electrons. The molecule has 3 rings (SSSR count). The monoisotopic (exact) mass is 174 g/mol. The van der Waals surface area contributed by atoms with E-state index in [0.717, 1.165) is 0 Å². The molecule has 0 amide bonds. The first kappa shape index (κ1) is 7.57. The van der Waals surface area contributed by atoms with Crippen LogP contribution in [-0.4, -0.2) is 11.7 Å². The highest BCUT2D eigenvalue weighted by Gasteiger charge is 2.55. The van der Waals surface area contributed by atoms with Crippen molar-refractivity contribution in [2.45, 2.75) is 19.3 Å². The van der Waals surface area contributed by atoms with Crippen molar-refractivity contribution in [2.75, 3.05) is 6.61 Å². The largest absolute Gasteiger partial charge is 0.396 e. The van der Waals surface area contributed by atoms with Gasteiger partial charge in [-0.2, -0.15) is 0 Å². The standard InChI is InChI=1S/C12H14O/c13-8-11-7-12(11)5-9-3-1-2-4-10(9)6-12/h1-4,11,13H,5-8H2. The third-order valence-electron chi connectivity index (χ3n) is 3.78. The number of aliphatic hydroxyl groups is 1. The fourth-order valence-electron chi connectivity index (χ4n) is 2.85. The topological polar surface area (TPSA) is 20.2 Å². The second kappa shape index (κ2) is 2.36. The van der Waals surface area contributed by atoms with E-state index in [1.807, 2.05) is 0 Å². The molecule has 1 nitrogen and oxygen atoms in total. The second-order valence-electron chi connectivity index (χ2n) is 4.57. The molecule has 0 aromatic heterocycles. The Labute approximate surface area is 78.4 Å². The lowest BCUT2D eigenvalue weighted by Crippen LogP contribution is -2.05. The second-order valence-corrected chi connectivity index (χ2v) is 4.57. The highest BCUT2D eigenvalue weighted by atomic mass is 16.3. The first-order valence-corrected chi connectivity index (χ1v) is 5.02. The Morgan fingerprint density at radius 2 is 1.85 bits per heavy atom. The molecule has 0 bridgehead atoms. The maximum Gasteiger partial charge on any atom is 0.0465 e. The van der Waals surface area contributed by atoms with Crippen molar-refractivity contribution in [1.82, 2.24) is 0 Å². The minimum atomic E-state index is 0.383. The Hall–Kier alpha value is -0.820. The van der Waals surface area contributed by atoms with E-state index < -0.39 is 0 Å². The van der Waals surface area contributed by atoms with Crippen LogP contribution in [0, 0.1) is 11.3 Å². The zero-order valence-corrected chi connectivity index (χ0v) is 7.66. The Morgan fingerprint density at radius 1 is 1.23 bits per heavy atom. The molecule has 2 aliphatic carbocycles. The summed E-state index contributed by atoms with van der Waals surface area (Å²) in [7, 11) is 0. The maximum atomic E-state index is 9.11. The lowest BCUT2D eigenvalue weighted by molar-refractivity contribution is 0.251. The van der Waals surface area contributed by atoms with Crippen molar-refractivity contribution in [3.05, 3.63) is 35.4 Å². The third-order valence-corrected chi connectivity index (χ3v) is 3.78. The van der Waals surface area contributed by atoms with Crippen LogP contribution in [0.4, 0.5) is 0 Å². The average Bonchev–Trinajstić information content (AvgIpc) is 2.69. The summed E-state index contributed by atoms with van der Waals surface area (Å²) < 4.78 is 0. The van der Waals surface area contributed by atoms with Crippen LogP contribution in [0.25, 0.3) is 0 Å². The SMILES string of the molecule is OCC1CC12Cc1ccccc1C2. The van der Waals surface area contributed by atoms with Gasteiger partial charge in [0.2, 0.25) is 0 Å². The molecule has 0 radical (unpaired) electrons. The fourth-order valence-corrected chi connectivity index (χ4v) is 2.85.